The van der Waals surface area contributed by atoms with Crippen molar-refractivity contribution >= 4 is 5.91 Å². The average Bonchev–Trinajstić information content (AvgIpc) is 2.88. The van der Waals surface area contributed by atoms with Crippen LogP contribution in [0.15, 0.2) is 24.5 Å². The fourth-order valence-electron chi connectivity index (χ4n) is 2.04. The third-order valence-corrected chi connectivity index (χ3v) is 3.05. The highest BCUT2D eigenvalue weighted by Gasteiger charge is 2.09. The first kappa shape index (κ1) is 15.2. The second-order valence-corrected chi connectivity index (χ2v) is 5.52. The van der Waals surface area contributed by atoms with Crippen LogP contribution in [0.3, 0.4) is 0 Å². The van der Waals surface area contributed by atoms with Gasteiger partial charge in [-0.1, -0.05) is 13.8 Å². The van der Waals surface area contributed by atoms with E-state index in [0.29, 0.717) is 11.7 Å². The van der Waals surface area contributed by atoms with Crippen molar-refractivity contribution in [3.05, 3.63) is 41.3 Å². The summed E-state index contributed by atoms with van der Waals surface area (Å²) in [5, 5.41) is 7.50. The summed E-state index contributed by atoms with van der Waals surface area (Å²) in [6.07, 6.45) is 3.51. The Kier molecular flexibility index (Phi) is 4.70. The highest BCUT2D eigenvalue weighted by Crippen LogP contribution is 2.12. The number of pyridine rings is 1. The summed E-state index contributed by atoms with van der Waals surface area (Å²) < 4.78 is 1.57. The van der Waals surface area contributed by atoms with Crippen molar-refractivity contribution < 1.29 is 4.79 Å². The molecule has 2 aromatic rings. The van der Waals surface area contributed by atoms with Gasteiger partial charge in [0.25, 0.3) is 5.91 Å². The molecule has 0 atom stereocenters. The summed E-state index contributed by atoms with van der Waals surface area (Å²) in [7, 11) is 0. The molecule has 0 fully saturated rings. The monoisotopic (exact) mass is 287 g/mol. The van der Waals surface area contributed by atoms with Gasteiger partial charge in [0.15, 0.2) is 5.82 Å². The first-order chi connectivity index (χ1) is 9.97. The third kappa shape index (κ3) is 3.88. The minimum atomic E-state index is -0.541. The lowest BCUT2D eigenvalue weighted by Gasteiger charge is -2.10. The van der Waals surface area contributed by atoms with E-state index in [2.05, 4.69) is 35.3 Å². The van der Waals surface area contributed by atoms with Crippen molar-refractivity contribution in [3.63, 3.8) is 0 Å². The van der Waals surface area contributed by atoms with Gasteiger partial charge < -0.3 is 11.1 Å². The normalized spacial score (nSPS) is 11.0. The van der Waals surface area contributed by atoms with Gasteiger partial charge in [-0.05, 0) is 42.6 Å². The van der Waals surface area contributed by atoms with Crippen LogP contribution in [0.1, 0.15) is 35.5 Å². The maximum atomic E-state index is 11.1. The van der Waals surface area contributed by atoms with Gasteiger partial charge in [0.1, 0.15) is 5.69 Å². The number of carbonyl (C=O) groups excluding carboxylic acids is 1. The Balaban J connectivity index is 2.13. The highest BCUT2D eigenvalue weighted by molar-refractivity contribution is 5.90. The average molecular weight is 287 g/mol. The maximum absolute atomic E-state index is 11.1. The summed E-state index contributed by atoms with van der Waals surface area (Å²) in [6.45, 7) is 8.08. The van der Waals surface area contributed by atoms with E-state index in [9.17, 15) is 4.79 Å². The standard InChI is InChI=1S/C15H21N5O/c1-10(2)7-17-8-12-6-11(3)15(18-9-12)20-5-4-13(19-20)14(16)21/h4-6,9-10,17H,7-8H2,1-3H3,(H2,16,21). The van der Waals surface area contributed by atoms with Crippen LogP contribution in [0.4, 0.5) is 0 Å². The van der Waals surface area contributed by atoms with Crippen LogP contribution in [0.5, 0.6) is 0 Å². The molecule has 112 valence electrons. The summed E-state index contributed by atoms with van der Waals surface area (Å²) in [5.41, 5.74) is 7.56. The van der Waals surface area contributed by atoms with Crippen molar-refractivity contribution in [3.8, 4) is 5.82 Å². The smallest absolute Gasteiger partial charge is 0.269 e. The molecule has 2 aromatic heterocycles. The number of nitrogens with zero attached hydrogens (tertiary/aromatic N) is 3. The molecule has 0 radical (unpaired) electrons. The summed E-state index contributed by atoms with van der Waals surface area (Å²) in [5.74, 6) is 0.783. The Bertz CT molecular complexity index is 633. The quantitative estimate of drug-likeness (QED) is 0.841. The molecule has 6 nitrogen and oxygen atoms in total. The van der Waals surface area contributed by atoms with E-state index in [1.165, 1.54) is 0 Å². The molecule has 6 heteroatoms. The zero-order valence-corrected chi connectivity index (χ0v) is 12.6. The molecule has 0 aliphatic rings. The van der Waals surface area contributed by atoms with Gasteiger partial charge in [-0.15, -0.1) is 0 Å². The first-order valence-electron chi connectivity index (χ1n) is 6.99. The molecule has 0 spiro atoms. The van der Waals surface area contributed by atoms with E-state index in [0.717, 1.165) is 24.2 Å². The number of aromatic nitrogens is 3. The number of nitrogens with one attached hydrogen (secondary N) is 1. The topological polar surface area (TPSA) is 85.8 Å². The SMILES string of the molecule is Cc1cc(CNCC(C)C)cnc1-n1ccc(C(N)=O)n1. The Labute approximate surface area is 124 Å². The molecule has 2 heterocycles. The fraction of sp³-hybridized carbons (Fsp3) is 0.400. The molecule has 3 N–H and O–H groups in total. The number of carbonyl (C=O) groups is 1. The Hall–Kier alpha value is -2.21. The number of nitrogens with two attached hydrogens (primary N) is 1. The molecule has 0 saturated carbocycles. The molecule has 0 aliphatic carbocycles. The molecule has 2 rings (SSSR count). The minimum Gasteiger partial charge on any atom is -0.364 e. The lowest BCUT2D eigenvalue weighted by atomic mass is 10.2. The molecule has 0 aromatic carbocycles. The fourth-order valence-corrected chi connectivity index (χ4v) is 2.04. The molecule has 0 bridgehead atoms. The number of primary amides is 1. The van der Waals surface area contributed by atoms with Crippen molar-refractivity contribution in [2.45, 2.75) is 27.3 Å². The van der Waals surface area contributed by atoms with Crippen LogP contribution in [0, 0.1) is 12.8 Å². The van der Waals surface area contributed by atoms with Gasteiger partial charge in [-0.3, -0.25) is 4.79 Å². The second-order valence-electron chi connectivity index (χ2n) is 5.52. The van der Waals surface area contributed by atoms with Gasteiger partial charge in [-0.2, -0.15) is 5.10 Å². The van der Waals surface area contributed by atoms with Gasteiger partial charge in [0.05, 0.1) is 0 Å². The largest absolute Gasteiger partial charge is 0.364 e. The first-order valence-corrected chi connectivity index (χ1v) is 6.99. The van der Waals surface area contributed by atoms with Crippen molar-refractivity contribution in [2.75, 3.05) is 6.54 Å². The Morgan fingerprint density at radius 1 is 1.48 bits per heavy atom. The van der Waals surface area contributed by atoms with E-state index in [1.54, 1.807) is 16.9 Å². The van der Waals surface area contributed by atoms with Crippen molar-refractivity contribution in [1.82, 2.24) is 20.1 Å². The summed E-state index contributed by atoms with van der Waals surface area (Å²) in [4.78, 5) is 15.5. The van der Waals surface area contributed by atoms with E-state index in [-0.39, 0.29) is 5.69 Å². The Morgan fingerprint density at radius 2 is 2.24 bits per heavy atom. The summed E-state index contributed by atoms with van der Waals surface area (Å²) in [6, 6.07) is 3.66. The Morgan fingerprint density at radius 3 is 2.81 bits per heavy atom. The number of rotatable bonds is 6. The lowest BCUT2D eigenvalue weighted by molar-refractivity contribution is 0.0995. The van der Waals surface area contributed by atoms with Crippen LogP contribution in [-0.4, -0.2) is 27.2 Å². The predicted octanol–water partition coefficient (Wildman–Crippen LogP) is 1.42. The molecule has 21 heavy (non-hydrogen) atoms. The molecule has 0 saturated heterocycles. The molecular weight excluding hydrogens is 266 g/mol. The van der Waals surface area contributed by atoms with Gasteiger partial charge >= 0.3 is 0 Å². The van der Waals surface area contributed by atoms with Gasteiger partial charge in [-0.25, -0.2) is 9.67 Å². The molecule has 1 amide bonds. The number of hydrogen-bond acceptors (Lipinski definition) is 4. The van der Waals surface area contributed by atoms with Crippen LogP contribution in [0.2, 0.25) is 0 Å². The van der Waals surface area contributed by atoms with Gasteiger partial charge in [0.2, 0.25) is 0 Å². The van der Waals surface area contributed by atoms with Crippen molar-refractivity contribution in [2.24, 2.45) is 11.7 Å². The molecule has 0 aliphatic heterocycles. The van der Waals surface area contributed by atoms with Crippen LogP contribution in [-0.2, 0) is 6.54 Å². The van der Waals surface area contributed by atoms with E-state index >= 15 is 0 Å². The number of hydrogen-bond donors (Lipinski definition) is 2. The van der Waals surface area contributed by atoms with Crippen LogP contribution >= 0.6 is 0 Å². The van der Waals surface area contributed by atoms with Crippen LogP contribution in [0.25, 0.3) is 5.82 Å². The predicted molar refractivity (Wildman–Crippen MR) is 81.2 cm³/mol. The van der Waals surface area contributed by atoms with E-state index < -0.39 is 5.91 Å². The number of amides is 1. The third-order valence-electron chi connectivity index (χ3n) is 3.05. The van der Waals surface area contributed by atoms with Crippen molar-refractivity contribution in [1.29, 1.82) is 0 Å². The molecular formula is C15H21N5O. The second kappa shape index (κ2) is 6.49. The minimum absolute atomic E-state index is 0.235. The van der Waals surface area contributed by atoms with Crippen LogP contribution < -0.4 is 11.1 Å². The maximum Gasteiger partial charge on any atom is 0.269 e. The zero-order chi connectivity index (χ0) is 15.4. The molecule has 0 unspecified atom stereocenters. The zero-order valence-electron chi connectivity index (χ0n) is 12.6. The highest BCUT2D eigenvalue weighted by atomic mass is 16.1. The van der Waals surface area contributed by atoms with E-state index in [1.807, 2.05) is 13.1 Å². The number of aryl methyl sites for hydroxylation is 1. The summed E-state index contributed by atoms with van der Waals surface area (Å²) >= 11 is 0. The van der Waals surface area contributed by atoms with Gasteiger partial charge in [0, 0.05) is 18.9 Å². The lowest BCUT2D eigenvalue weighted by Crippen LogP contribution is -2.19. The van der Waals surface area contributed by atoms with E-state index in [4.69, 9.17) is 5.73 Å².